The second kappa shape index (κ2) is 5.49. The smallest absolute Gasteiger partial charge is 0.245 e. The first kappa shape index (κ1) is 13.5. The van der Waals surface area contributed by atoms with Gasteiger partial charge in [0.05, 0.1) is 4.47 Å². The van der Waals surface area contributed by atoms with E-state index in [0.29, 0.717) is 27.9 Å². The highest BCUT2D eigenvalue weighted by Crippen LogP contribution is 2.23. The summed E-state index contributed by atoms with van der Waals surface area (Å²) in [6, 6.07) is 5.32. The summed E-state index contributed by atoms with van der Waals surface area (Å²) in [6.07, 6.45) is 0. The van der Waals surface area contributed by atoms with Gasteiger partial charge in [-0.25, -0.2) is 4.39 Å². The molecule has 0 aliphatic carbocycles. The maximum atomic E-state index is 13.5. The molecule has 7 heteroatoms. The Labute approximate surface area is 124 Å². The molecule has 0 saturated carbocycles. The molecular formula is C13H15BrFN5. The minimum absolute atomic E-state index is 0.309. The van der Waals surface area contributed by atoms with E-state index in [2.05, 4.69) is 48.3 Å². The molecule has 1 saturated heterocycles. The standard InChI is InChI=1S/C13H15BrFN5/c1-8-7-20(5-4-16-8)13-17-12(18-19-13)9-2-3-10(14)11(15)6-9/h2-3,6,8,16H,4-5,7H2,1H3,(H,17,18,19)/t8-/m1/s1. The number of halogens is 2. The SMILES string of the molecule is C[C@@H]1CN(c2n[nH]c(-c3ccc(Br)c(F)c3)n2)CCN1. The van der Waals surface area contributed by atoms with Gasteiger partial charge in [0.2, 0.25) is 5.95 Å². The van der Waals surface area contributed by atoms with Crippen molar-refractivity contribution in [1.29, 1.82) is 0 Å². The maximum absolute atomic E-state index is 13.5. The van der Waals surface area contributed by atoms with E-state index in [1.165, 1.54) is 6.07 Å². The highest BCUT2D eigenvalue weighted by atomic mass is 79.9. The lowest BCUT2D eigenvalue weighted by atomic mass is 10.2. The van der Waals surface area contributed by atoms with Gasteiger partial charge in [-0.2, -0.15) is 4.98 Å². The Morgan fingerprint density at radius 1 is 1.45 bits per heavy atom. The van der Waals surface area contributed by atoms with Crippen molar-refractivity contribution >= 4 is 21.9 Å². The quantitative estimate of drug-likeness (QED) is 0.880. The third-order valence-corrected chi connectivity index (χ3v) is 3.96. The molecule has 2 aromatic rings. The molecule has 0 radical (unpaired) electrons. The lowest BCUT2D eigenvalue weighted by Crippen LogP contribution is -2.49. The van der Waals surface area contributed by atoms with Gasteiger partial charge in [0, 0.05) is 31.2 Å². The molecule has 106 valence electrons. The van der Waals surface area contributed by atoms with Crippen molar-refractivity contribution in [1.82, 2.24) is 20.5 Å². The zero-order chi connectivity index (χ0) is 14.1. The molecule has 0 unspecified atom stereocenters. The van der Waals surface area contributed by atoms with Gasteiger partial charge in [-0.05, 0) is 41.1 Å². The first-order valence-electron chi connectivity index (χ1n) is 6.49. The summed E-state index contributed by atoms with van der Waals surface area (Å²) in [4.78, 5) is 6.58. The van der Waals surface area contributed by atoms with E-state index < -0.39 is 0 Å². The van der Waals surface area contributed by atoms with Crippen LogP contribution in [-0.2, 0) is 0 Å². The fraction of sp³-hybridized carbons (Fsp3) is 0.385. The van der Waals surface area contributed by atoms with Crippen LogP contribution in [0.3, 0.4) is 0 Å². The first-order chi connectivity index (χ1) is 9.63. The molecule has 0 amide bonds. The third kappa shape index (κ3) is 2.69. The molecule has 1 fully saturated rings. The monoisotopic (exact) mass is 339 g/mol. The Hall–Kier alpha value is -1.47. The van der Waals surface area contributed by atoms with Crippen LogP contribution in [0.4, 0.5) is 10.3 Å². The van der Waals surface area contributed by atoms with Crippen LogP contribution < -0.4 is 10.2 Å². The van der Waals surface area contributed by atoms with E-state index in [0.717, 1.165) is 19.6 Å². The van der Waals surface area contributed by atoms with Crippen LogP contribution in [0.15, 0.2) is 22.7 Å². The van der Waals surface area contributed by atoms with Gasteiger partial charge < -0.3 is 10.2 Å². The number of aromatic nitrogens is 3. The van der Waals surface area contributed by atoms with Crippen molar-refractivity contribution in [3.8, 4) is 11.4 Å². The summed E-state index contributed by atoms with van der Waals surface area (Å²) < 4.78 is 14.0. The summed E-state index contributed by atoms with van der Waals surface area (Å²) in [5, 5.41) is 10.5. The molecule has 20 heavy (non-hydrogen) atoms. The van der Waals surface area contributed by atoms with Crippen molar-refractivity contribution in [2.24, 2.45) is 0 Å². The summed E-state index contributed by atoms with van der Waals surface area (Å²) in [5.41, 5.74) is 0.688. The molecule has 0 bridgehead atoms. The molecule has 2 N–H and O–H groups in total. The number of rotatable bonds is 2. The molecule has 1 aromatic carbocycles. The van der Waals surface area contributed by atoms with Gasteiger partial charge in [0.15, 0.2) is 5.82 Å². The van der Waals surface area contributed by atoms with Crippen molar-refractivity contribution in [2.75, 3.05) is 24.5 Å². The van der Waals surface area contributed by atoms with Gasteiger partial charge in [-0.15, -0.1) is 5.10 Å². The summed E-state index contributed by atoms with van der Waals surface area (Å²) >= 11 is 3.14. The van der Waals surface area contributed by atoms with Gasteiger partial charge in [-0.3, -0.25) is 5.10 Å². The van der Waals surface area contributed by atoms with Crippen LogP contribution >= 0.6 is 15.9 Å². The number of anilines is 1. The van der Waals surface area contributed by atoms with Crippen LogP contribution in [0.1, 0.15) is 6.92 Å². The van der Waals surface area contributed by atoms with Gasteiger partial charge in [0.25, 0.3) is 0 Å². The Morgan fingerprint density at radius 3 is 3.05 bits per heavy atom. The number of piperazine rings is 1. The number of aromatic amines is 1. The van der Waals surface area contributed by atoms with E-state index in [1.807, 2.05) is 0 Å². The second-order valence-corrected chi connectivity index (χ2v) is 5.77. The average Bonchev–Trinajstić information content (AvgIpc) is 2.92. The van der Waals surface area contributed by atoms with Crippen molar-refractivity contribution in [3.05, 3.63) is 28.5 Å². The molecular weight excluding hydrogens is 325 g/mol. The largest absolute Gasteiger partial charge is 0.337 e. The summed E-state index contributed by atoms with van der Waals surface area (Å²) in [5.74, 6) is 0.936. The van der Waals surface area contributed by atoms with E-state index >= 15 is 0 Å². The van der Waals surface area contributed by atoms with Crippen molar-refractivity contribution in [3.63, 3.8) is 0 Å². The Balaban J connectivity index is 1.84. The zero-order valence-corrected chi connectivity index (χ0v) is 12.6. The summed E-state index contributed by atoms with van der Waals surface area (Å²) in [6.45, 7) is 4.78. The Bertz CT molecular complexity index is 615. The Kier molecular flexibility index (Phi) is 3.71. The van der Waals surface area contributed by atoms with Gasteiger partial charge in [-0.1, -0.05) is 0 Å². The molecule has 1 atom stereocenters. The van der Waals surface area contributed by atoms with E-state index in [9.17, 15) is 4.39 Å². The molecule has 0 spiro atoms. The first-order valence-corrected chi connectivity index (χ1v) is 7.29. The molecule has 5 nitrogen and oxygen atoms in total. The molecule has 2 heterocycles. The second-order valence-electron chi connectivity index (χ2n) is 4.91. The molecule has 1 aliphatic heterocycles. The van der Waals surface area contributed by atoms with Crippen LogP contribution in [-0.4, -0.2) is 40.9 Å². The zero-order valence-electron chi connectivity index (χ0n) is 11.0. The van der Waals surface area contributed by atoms with Crippen molar-refractivity contribution in [2.45, 2.75) is 13.0 Å². The van der Waals surface area contributed by atoms with Gasteiger partial charge in [0.1, 0.15) is 5.82 Å². The average molecular weight is 340 g/mol. The number of benzene rings is 1. The van der Waals surface area contributed by atoms with E-state index in [-0.39, 0.29) is 5.82 Å². The highest BCUT2D eigenvalue weighted by Gasteiger charge is 2.19. The topological polar surface area (TPSA) is 56.8 Å². The van der Waals surface area contributed by atoms with E-state index in [4.69, 9.17) is 0 Å². The fourth-order valence-corrected chi connectivity index (χ4v) is 2.53. The lowest BCUT2D eigenvalue weighted by Gasteiger charge is -2.30. The number of hydrogen-bond donors (Lipinski definition) is 2. The minimum Gasteiger partial charge on any atom is -0.337 e. The van der Waals surface area contributed by atoms with Gasteiger partial charge >= 0.3 is 0 Å². The number of H-pyrrole nitrogens is 1. The molecule has 1 aliphatic rings. The molecule has 1 aromatic heterocycles. The van der Waals surface area contributed by atoms with Crippen LogP contribution in [0, 0.1) is 5.82 Å². The normalized spacial score (nSPS) is 19.4. The van der Waals surface area contributed by atoms with Crippen molar-refractivity contribution < 1.29 is 4.39 Å². The van der Waals surface area contributed by atoms with Crippen LogP contribution in [0.2, 0.25) is 0 Å². The van der Waals surface area contributed by atoms with Crippen LogP contribution in [0.25, 0.3) is 11.4 Å². The molecule has 3 rings (SSSR count). The third-order valence-electron chi connectivity index (χ3n) is 3.32. The van der Waals surface area contributed by atoms with Crippen LogP contribution in [0.5, 0.6) is 0 Å². The lowest BCUT2D eigenvalue weighted by molar-refractivity contribution is 0.480. The highest BCUT2D eigenvalue weighted by molar-refractivity contribution is 9.10. The Morgan fingerprint density at radius 2 is 2.30 bits per heavy atom. The minimum atomic E-state index is -0.309. The fourth-order valence-electron chi connectivity index (χ4n) is 2.28. The number of hydrogen-bond acceptors (Lipinski definition) is 4. The number of nitrogens with zero attached hydrogens (tertiary/aromatic N) is 3. The maximum Gasteiger partial charge on any atom is 0.245 e. The number of nitrogens with one attached hydrogen (secondary N) is 2. The predicted molar refractivity (Wildman–Crippen MR) is 79.2 cm³/mol. The predicted octanol–water partition coefficient (Wildman–Crippen LogP) is 2.17. The van der Waals surface area contributed by atoms with E-state index in [1.54, 1.807) is 12.1 Å². The summed E-state index contributed by atoms with van der Waals surface area (Å²) in [7, 11) is 0.